The van der Waals surface area contributed by atoms with Gasteiger partial charge in [-0.1, -0.05) is 97.5 Å². The summed E-state index contributed by atoms with van der Waals surface area (Å²) >= 11 is 0. The fraction of sp³-hybridized carbons (Fsp3) is 0.667. The maximum absolute atomic E-state index is 6.05. The standard InChI is InChI=1S/C33H51NO/c1-4-6-7-12-28-15-17-29(18-16-28)14-10-25-35-32-22-20-31(21-23-32)33-24-19-30(26-34-33)13-9-8-11-27(3)5-2/h19-24,26-29H,4-18,25H2,1-3H3/t27-,28-,29-/m0/s1. The van der Waals surface area contributed by atoms with Crippen LogP contribution in [0.15, 0.2) is 42.6 Å². The van der Waals surface area contributed by atoms with Crippen LogP contribution in [0.2, 0.25) is 0 Å². The van der Waals surface area contributed by atoms with E-state index >= 15 is 0 Å². The van der Waals surface area contributed by atoms with Gasteiger partial charge in [0.15, 0.2) is 0 Å². The molecule has 2 heteroatoms. The van der Waals surface area contributed by atoms with Crippen molar-refractivity contribution in [3.63, 3.8) is 0 Å². The van der Waals surface area contributed by atoms with E-state index in [1.54, 1.807) is 0 Å². The van der Waals surface area contributed by atoms with Gasteiger partial charge in [0.1, 0.15) is 5.75 Å². The van der Waals surface area contributed by atoms with Crippen LogP contribution in [0.1, 0.15) is 116 Å². The zero-order valence-electron chi connectivity index (χ0n) is 22.9. The number of pyridine rings is 1. The van der Waals surface area contributed by atoms with Gasteiger partial charge >= 0.3 is 0 Å². The molecule has 0 bridgehead atoms. The summed E-state index contributed by atoms with van der Waals surface area (Å²) in [7, 11) is 0. The van der Waals surface area contributed by atoms with E-state index in [1.165, 1.54) is 95.5 Å². The molecule has 2 nitrogen and oxygen atoms in total. The molecule has 0 spiro atoms. The number of nitrogens with zero attached hydrogens (tertiary/aromatic N) is 1. The van der Waals surface area contributed by atoms with Gasteiger partial charge in [0.25, 0.3) is 0 Å². The molecule has 1 aliphatic rings. The molecule has 35 heavy (non-hydrogen) atoms. The predicted octanol–water partition coefficient (Wildman–Crippen LogP) is 10.1. The first-order valence-electron chi connectivity index (χ1n) is 14.9. The van der Waals surface area contributed by atoms with Gasteiger partial charge in [-0.3, -0.25) is 4.98 Å². The largest absolute Gasteiger partial charge is 0.494 e. The van der Waals surface area contributed by atoms with E-state index in [4.69, 9.17) is 9.72 Å². The molecule has 0 N–H and O–H groups in total. The lowest BCUT2D eigenvalue weighted by molar-refractivity contribution is 0.228. The van der Waals surface area contributed by atoms with E-state index in [0.717, 1.165) is 47.8 Å². The molecule has 1 aromatic carbocycles. The van der Waals surface area contributed by atoms with Crippen LogP contribution in [0, 0.1) is 17.8 Å². The van der Waals surface area contributed by atoms with Crippen molar-refractivity contribution in [1.82, 2.24) is 4.98 Å². The fourth-order valence-electron chi connectivity index (χ4n) is 5.54. The van der Waals surface area contributed by atoms with Gasteiger partial charge in [-0.05, 0) is 79.3 Å². The Morgan fingerprint density at radius 1 is 0.829 bits per heavy atom. The summed E-state index contributed by atoms with van der Waals surface area (Å²) in [5.41, 5.74) is 3.56. The van der Waals surface area contributed by atoms with Crippen molar-refractivity contribution in [2.45, 2.75) is 117 Å². The Morgan fingerprint density at radius 2 is 1.54 bits per heavy atom. The molecule has 0 aliphatic heterocycles. The van der Waals surface area contributed by atoms with Crippen LogP contribution in [0.5, 0.6) is 5.75 Å². The van der Waals surface area contributed by atoms with Crippen molar-refractivity contribution >= 4 is 0 Å². The molecular formula is C33H51NO. The lowest BCUT2D eigenvalue weighted by atomic mass is 9.78. The molecule has 1 heterocycles. The van der Waals surface area contributed by atoms with Crippen LogP contribution in [-0.4, -0.2) is 11.6 Å². The molecule has 1 saturated carbocycles. The Balaban J connectivity index is 1.31. The number of ether oxygens (including phenoxy) is 1. The number of aromatic nitrogens is 1. The second-order valence-corrected chi connectivity index (χ2v) is 11.2. The Kier molecular flexibility index (Phi) is 12.7. The maximum atomic E-state index is 6.05. The quantitative estimate of drug-likeness (QED) is 0.224. The Morgan fingerprint density at radius 3 is 2.17 bits per heavy atom. The Labute approximate surface area is 216 Å². The first-order valence-corrected chi connectivity index (χ1v) is 14.9. The first kappa shape index (κ1) is 27.8. The lowest BCUT2D eigenvalue weighted by Crippen LogP contribution is -2.15. The lowest BCUT2D eigenvalue weighted by Gasteiger charge is -2.28. The van der Waals surface area contributed by atoms with E-state index in [9.17, 15) is 0 Å². The first-order chi connectivity index (χ1) is 17.2. The van der Waals surface area contributed by atoms with Gasteiger partial charge in [0, 0.05) is 11.8 Å². The second-order valence-electron chi connectivity index (χ2n) is 11.2. The highest BCUT2D eigenvalue weighted by Gasteiger charge is 2.20. The Bertz CT molecular complexity index is 789. The van der Waals surface area contributed by atoms with E-state index in [1.807, 2.05) is 0 Å². The minimum absolute atomic E-state index is 0.833. The van der Waals surface area contributed by atoms with Crippen molar-refractivity contribution in [1.29, 1.82) is 0 Å². The number of rotatable bonds is 16. The van der Waals surface area contributed by atoms with Crippen LogP contribution >= 0.6 is 0 Å². The molecule has 194 valence electrons. The van der Waals surface area contributed by atoms with Crippen molar-refractivity contribution < 1.29 is 4.74 Å². The zero-order chi connectivity index (χ0) is 24.7. The average Bonchev–Trinajstić information content (AvgIpc) is 2.90. The summed E-state index contributed by atoms with van der Waals surface area (Å²) < 4.78 is 6.05. The summed E-state index contributed by atoms with van der Waals surface area (Å²) in [6.45, 7) is 7.78. The number of hydrogen-bond donors (Lipinski definition) is 0. The number of aryl methyl sites for hydroxylation is 1. The summed E-state index contributed by atoms with van der Waals surface area (Å²) in [4.78, 5) is 4.72. The monoisotopic (exact) mass is 477 g/mol. The molecule has 1 atom stereocenters. The van der Waals surface area contributed by atoms with Gasteiger partial charge in [0.05, 0.1) is 12.3 Å². The minimum atomic E-state index is 0.833. The third-order valence-corrected chi connectivity index (χ3v) is 8.29. The van der Waals surface area contributed by atoms with Crippen LogP contribution in [0.4, 0.5) is 0 Å². The molecule has 1 aromatic heterocycles. The average molecular weight is 478 g/mol. The summed E-state index contributed by atoms with van der Waals surface area (Å²) in [6, 6.07) is 12.9. The smallest absolute Gasteiger partial charge is 0.119 e. The fourth-order valence-corrected chi connectivity index (χ4v) is 5.54. The third-order valence-electron chi connectivity index (χ3n) is 8.29. The summed E-state index contributed by atoms with van der Waals surface area (Å²) in [5.74, 6) is 3.77. The number of unbranched alkanes of at least 4 members (excludes halogenated alkanes) is 3. The summed E-state index contributed by atoms with van der Waals surface area (Å²) in [6.07, 6.45) is 22.4. The van der Waals surface area contributed by atoms with Crippen molar-refractivity contribution in [2.75, 3.05) is 6.61 Å². The molecule has 0 saturated heterocycles. The Hall–Kier alpha value is -1.83. The molecule has 1 aliphatic carbocycles. The van der Waals surface area contributed by atoms with Gasteiger partial charge in [-0.15, -0.1) is 0 Å². The number of hydrogen-bond acceptors (Lipinski definition) is 2. The summed E-state index contributed by atoms with van der Waals surface area (Å²) in [5, 5.41) is 0. The highest BCUT2D eigenvalue weighted by atomic mass is 16.5. The maximum Gasteiger partial charge on any atom is 0.119 e. The van der Waals surface area contributed by atoms with Crippen molar-refractivity contribution in [3.8, 4) is 17.0 Å². The van der Waals surface area contributed by atoms with E-state index in [2.05, 4.69) is 63.4 Å². The molecule has 0 unspecified atom stereocenters. The molecular weight excluding hydrogens is 426 g/mol. The van der Waals surface area contributed by atoms with Gasteiger partial charge in [-0.2, -0.15) is 0 Å². The zero-order valence-corrected chi connectivity index (χ0v) is 22.9. The van der Waals surface area contributed by atoms with Gasteiger partial charge in [0.2, 0.25) is 0 Å². The van der Waals surface area contributed by atoms with Crippen LogP contribution in [0.3, 0.4) is 0 Å². The van der Waals surface area contributed by atoms with E-state index in [0.29, 0.717) is 0 Å². The molecule has 0 amide bonds. The van der Waals surface area contributed by atoms with Crippen LogP contribution < -0.4 is 4.74 Å². The normalized spacial score (nSPS) is 18.9. The molecule has 0 radical (unpaired) electrons. The number of benzene rings is 1. The topological polar surface area (TPSA) is 22.1 Å². The van der Waals surface area contributed by atoms with Gasteiger partial charge < -0.3 is 4.74 Å². The molecule has 1 fully saturated rings. The van der Waals surface area contributed by atoms with Crippen molar-refractivity contribution in [2.24, 2.45) is 17.8 Å². The molecule has 3 rings (SSSR count). The predicted molar refractivity (Wildman–Crippen MR) is 151 cm³/mol. The van der Waals surface area contributed by atoms with Crippen LogP contribution in [-0.2, 0) is 6.42 Å². The second kappa shape index (κ2) is 16.0. The SMILES string of the molecule is CCCCC[C@H]1CC[C@H](CCCOc2ccc(-c3ccc(CCCC[C@@H](C)CC)cn3)cc2)CC1. The van der Waals surface area contributed by atoms with Crippen molar-refractivity contribution in [3.05, 3.63) is 48.2 Å². The molecule has 2 aromatic rings. The van der Waals surface area contributed by atoms with Gasteiger partial charge in [-0.25, -0.2) is 0 Å². The highest BCUT2D eigenvalue weighted by Crippen LogP contribution is 2.34. The van der Waals surface area contributed by atoms with E-state index < -0.39 is 0 Å². The minimum Gasteiger partial charge on any atom is -0.494 e. The highest BCUT2D eigenvalue weighted by molar-refractivity contribution is 5.60. The van der Waals surface area contributed by atoms with E-state index in [-0.39, 0.29) is 0 Å². The third kappa shape index (κ3) is 10.4. The van der Waals surface area contributed by atoms with Crippen LogP contribution in [0.25, 0.3) is 11.3 Å².